The number of benzene rings is 1. The molecule has 1 aromatic carbocycles. The van der Waals surface area contributed by atoms with Crippen molar-refractivity contribution in [3.05, 3.63) is 30.0 Å². The third-order valence-electron chi connectivity index (χ3n) is 4.77. The van der Waals surface area contributed by atoms with Crippen molar-refractivity contribution in [1.29, 1.82) is 0 Å². The molecule has 5 nitrogen and oxygen atoms in total. The lowest BCUT2D eigenvalue weighted by Gasteiger charge is -2.31. The van der Waals surface area contributed by atoms with Crippen LogP contribution in [0.25, 0.3) is 11.0 Å². The standard InChI is InChI=1S/C18H24N2O3/c1-22-14-6-7-15-13(11-23-17(15)9-14)8-18(21)20-16-5-3-2-4-12(16)10-19/h6-7,9,11-12,16H,2-5,8,10,19H2,1H3,(H,20,21). The van der Waals surface area contributed by atoms with Crippen LogP contribution in [-0.2, 0) is 11.2 Å². The molecule has 2 aromatic rings. The number of fused-ring (bicyclic) bond motifs is 1. The topological polar surface area (TPSA) is 77.5 Å². The number of methoxy groups -OCH3 is 1. The van der Waals surface area contributed by atoms with Crippen LogP contribution in [0.3, 0.4) is 0 Å². The largest absolute Gasteiger partial charge is 0.497 e. The first-order chi connectivity index (χ1) is 11.2. The molecule has 1 fully saturated rings. The molecule has 0 saturated heterocycles. The molecule has 2 unspecified atom stereocenters. The summed E-state index contributed by atoms with van der Waals surface area (Å²) in [7, 11) is 1.62. The molecule has 1 aliphatic carbocycles. The molecule has 3 N–H and O–H groups in total. The summed E-state index contributed by atoms with van der Waals surface area (Å²) in [5.41, 5.74) is 7.47. The molecule has 0 radical (unpaired) electrons. The quantitative estimate of drug-likeness (QED) is 0.889. The van der Waals surface area contributed by atoms with E-state index < -0.39 is 0 Å². The fraction of sp³-hybridized carbons (Fsp3) is 0.500. The number of ether oxygens (including phenoxy) is 1. The maximum Gasteiger partial charge on any atom is 0.224 e. The van der Waals surface area contributed by atoms with E-state index in [1.54, 1.807) is 13.4 Å². The number of amides is 1. The van der Waals surface area contributed by atoms with Crippen LogP contribution < -0.4 is 15.8 Å². The number of nitrogens with two attached hydrogens (primary N) is 1. The van der Waals surface area contributed by atoms with Gasteiger partial charge in [-0.05, 0) is 37.4 Å². The Bertz CT molecular complexity index is 680. The first-order valence-corrected chi connectivity index (χ1v) is 8.25. The first-order valence-electron chi connectivity index (χ1n) is 8.25. The SMILES string of the molecule is COc1ccc2c(CC(=O)NC3CCCCC3CN)coc2c1. The number of hydrogen-bond acceptors (Lipinski definition) is 4. The average molecular weight is 316 g/mol. The molecular formula is C18H24N2O3. The van der Waals surface area contributed by atoms with Gasteiger partial charge in [0.25, 0.3) is 0 Å². The highest BCUT2D eigenvalue weighted by atomic mass is 16.5. The van der Waals surface area contributed by atoms with Crippen molar-refractivity contribution in [2.24, 2.45) is 11.7 Å². The van der Waals surface area contributed by atoms with E-state index in [4.69, 9.17) is 14.9 Å². The van der Waals surface area contributed by atoms with Crippen molar-refractivity contribution in [2.45, 2.75) is 38.1 Å². The van der Waals surface area contributed by atoms with Crippen LogP contribution in [0.2, 0.25) is 0 Å². The van der Waals surface area contributed by atoms with Gasteiger partial charge >= 0.3 is 0 Å². The Kier molecular flexibility index (Phi) is 4.86. The number of rotatable bonds is 5. The van der Waals surface area contributed by atoms with Gasteiger partial charge in [-0.1, -0.05) is 12.8 Å². The molecule has 23 heavy (non-hydrogen) atoms. The van der Waals surface area contributed by atoms with Gasteiger partial charge < -0.3 is 20.2 Å². The lowest BCUT2D eigenvalue weighted by molar-refractivity contribution is -0.121. The van der Waals surface area contributed by atoms with Gasteiger partial charge in [0.1, 0.15) is 11.3 Å². The molecule has 2 atom stereocenters. The van der Waals surface area contributed by atoms with Crippen LogP contribution >= 0.6 is 0 Å². The fourth-order valence-electron chi connectivity index (χ4n) is 3.44. The summed E-state index contributed by atoms with van der Waals surface area (Å²) in [6.07, 6.45) is 6.49. The minimum absolute atomic E-state index is 0.0360. The summed E-state index contributed by atoms with van der Waals surface area (Å²) >= 11 is 0. The molecule has 124 valence electrons. The van der Waals surface area contributed by atoms with E-state index in [-0.39, 0.29) is 11.9 Å². The lowest BCUT2D eigenvalue weighted by atomic mass is 9.84. The maximum absolute atomic E-state index is 12.4. The first kappa shape index (κ1) is 15.9. The predicted molar refractivity (Wildman–Crippen MR) is 89.4 cm³/mol. The van der Waals surface area contributed by atoms with Gasteiger partial charge in [0.05, 0.1) is 19.8 Å². The number of hydrogen-bond donors (Lipinski definition) is 2. The molecule has 1 aliphatic rings. The van der Waals surface area contributed by atoms with Gasteiger partial charge in [-0.25, -0.2) is 0 Å². The Hall–Kier alpha value is -2.01. The van der Waals surface area contributed by atoms with Crippen LogP contribution in [0, 0.1) is 5.92 Å². The predicted octanol–water partition coefficient (Wildman–Crippen LogP) is 2.62. The number of carbonyl (C=O) groups is 1. The summed E-state index contributed by atoms with van der Waals surface area (Å²) in [6.45, 7) is 0.638. The van der Waals surface area contributed by atoms with Gasteiger partial charge in [0.2, 0.25) is 5.91 Å². The van der Waals surface area contributed by atoms with Crippen LogP contribution in [0.1, 0.15) is 31.2 Å². The highest BCUT2D eigenvalue weighted by Crippen LogP contribution is 2.27. The summed E-state index contributed by atoms with van der Waals surface area (Å²) < 4.78 is 10.7. The van der Waals surface area contributed by atoms with Crippen molar-refractivity contribution in [3.8, 4) is 5.75 Å². The fourth-order valence-corrected chi connectivity index (χ4v) is 3.44. The number of nitrogens with one attached hydrogen (secondary N) is 1. The minimum Gasteiger partial charge on any atom is -0.497 e. The molecule has 1 amide bonds. The van der Waals surface area contributed by atoms with Gasteiger partial charge in [-0.2, -0.15) is 0 Å². The van der Waals surface area contributed by atoms with E-state index in [2.05, 4.69) is 5.32 Å². The van der Waals surface area contributed by atoms with E-state index in [1.807, 2.05) is 18.2 Å². The molecule has 1 saturated carbocycles. The normalized spacial score (nSPS) is 21.3. The second-order valence-corrected chi connectivity index (χ2v) is 6.25. The zero-order valence-electron chi connectivity index (χ0n) is 13.5. The Morgan fingerprint density at radius 3 is 3.00 bits per heavy atom. The summed E-state index contributed by atoms with van der Waals surface area (Å²) in [4.78, 5) is 12.4. The third kappa shape index (κ3) is 3.50. The van der Waals surface area contributed by atoms with Crippen molar-refractivity contribution in [1.82, 2.24) is 5.32 Å². The Morgan fingerprint density at radius 1 is 1.39 bits per heavy atom. The molecule has 0 spiro atoms. The van der Waals surface area contributed by atoms with Gasteiger partial charge in [-0.15, -0.1) is 0 Å². The minimum atomic E-state index is 0.0360. The number of carbonyl (C=O) groups excluding carboxylic acids is 1. The smallest absolute Gasteiger partial charge is 0.224 e. The molecule has 3 rings (SSSR count). The average Bonchev–Trinajstić information content (AvgIpc) is 2.97. The Labute approximate surface area is 136 Å². The third-order valence-corrected chi connectivity index (χ3v) is 4.77. The molecule has 1 aromatic heterocycles. The van der Waals surface area contributed by atoms with E-state index in [1.165, 1.54) is 6.42 Å². The van der Waals surface area contributed by atoms with Gasteiger partial charge in [0, 0.05) is 23.1 Å². The van der Waals surface area contributed by atoms with E-state index >= 15 is 0 Å². The monoisotopic (exact) mass is 316 g/mol. The van der Waals surface area contributed by atoms with E-state index in [0.29, 0.717) is 18.9 Å². The number of furan rings is 1. The second kappa shape index (κ2) is 7.04. The van der Waals surface area contributed by atoms with Crippen molar-refractivity contribution < 1.29 is 13.9 Å². The second-order valence-electron chi connectivity index (χ2n) is 6.25. The highest BCUT2D eigenvalue weighted by molar-refractivity contribution is 5.88. The van der Waals surface area contributed by atoms with Gasteiger partial charge in [-0.3, -0.25) is 4.79 Å². The van der Waals surface area contributed by atoms with E-state index in [9.17, 15) is 4.79 Å². The summed E-state index contributed by atoms with van der Waals surface area (Å²) in [5, 5.41) is 4.12. The van der Waals surface area contributed by atoms with Crippen LogP contribution in [-0.4, -0.2) is 25.6 Å². The molecule has 0 bridgehead atoms. The molecule has 0 aliphatic heterocycles. The summed E-state index contributed by atoms with van der Waals surface area (Å²) in [5.74, 6) is 1.18. The van der Waals surface area contributed by atoms with Crippen molar-refractivity contribution in [2.75, 3.05) is 13.7 Å². The zero-order valence-corrected chi connectivity index (χ0v) is 13.5. The molecule has 1 heterocycles. The zero-order chi connectivity index (χ0) is 16.2. The van der Waals surface area contributed by atoms with Crippen molar-refractivity contribution in [3.63, 3.8) is 0 Å². The summed E-state index contributed by atoms with van der Waals surface area (Å²) in [6, 6.07) is 5.86. The van der Waals surface area contributed by atoms with Gasteiger partial charge in [0.15, 0.2) is 0 Å². The van der Waals surface area contributed by atoms with Crippen LogP contribution in [0.15, 0.2) is 28.9 Å². The Balaban J connectivity index is 1.68. The highest BCUT2D eigenvalue weighted by Gasteiger charge is 2.25. The van der Waals surface area contributed by atoms with E-state index in [0.717, 1.165) is 41.5 Å². The van der Waals surface area contributed by atoms with Crippen LogP contribution in [0.5, 0.6) is 5.75 Å². The maximum atomic E-state index is 12.4. The lowest BCUT2D eigenvalue weighted by Crippen LogP contribution is -2.45. The molecular weight excluding hydrogens is 292 g/mol. The van der Waals surface area contributed by atoms with Crippen LogP contribution in [0.4, 0.5) is 0 Å². The Morgan fingerprint density at radius 2 is 2.22 bits per heavy atom. The van der Waals surface area contributed by atoms with Crippen molar-refractivity contribution >= 4 is 16.9 Å². The molecule has 5 heteroatoms.